The topological polar surface area (TPSA) is 12.0 Å². The summed E-state index contributed by atoms with van der Waals surface area (Å²) in [5.41, 5.74) is 0. The average Bonchev–Trinajstić information content (AvgIpc) is 2.24. The molecule has 1 atom stereocenters. The first-order valence-electron chi connectivity index (χ1n) is 2.82. The van der Waals surface area contributed by atoms with Crippen LogP contribution < -0.4 is 5.32 Å². The lowest BCUT2D eigenvalue weighted by atomic mass is 10.2. The maximum atomic E-state index is 9.00. The number of hydrogen-bond acceptors (Lipinski definition) is 1. The highest BCUT2D eigenvalue weighted by Gasteiger charge is 2.06. The zero-order valence-corrected chi connectivity index (χ0v) is 5.15. The van der Waals surface area contributed by atoms with Gasteiger partial charge < -0.3 is 9.63 Å². The highest BCUT2D eigenvalue weighted by atomic mass is 19.1. The molecule has 0 aliphatic carbocycles. The van der Waals surface area contributed by atoms with Gasteiger partial charge >= 0.3 is 8.12 Å². The summed E-state index contributed by atoms with van der Waals surface area (Å²) in [6.07, 6.45) is 1.38. The highest BCUT2D eigenvalue weighted by molar-refractivity contribution is 5.96. The van der Waals surface area contributed by atoms with Gasteiger partial charge in [0.15, 0.2) is 0 Å². The predicted molar refractivity (Wildman–Crippen MR) is 33.5 cm³/mol. The van der Waals surface area contributed by atoms with Gasteiger partial charge in [-0.05, 0) is 25.4 Å². The van der Waals surface area contributed by atoms with E-state index in [0.29, 0.717) is 0 Å². The molecule has 0 saturated carbocycles. The zero-order chi connectivity index (χ0) is 6.41. The van der Waals surface area contributed by atoms with Crippen LogP contribution in [-0.2, 0) is 0 Å². The lowest BCUT2D eigenvalue weighted by molar-refractivity contribution is 0.651. The van der Waals surface area contributed by atoms with Gasteiger partial charge in [-0.15, -0.1) is 0 Å². The van der Waals surface area contributed by atoms with Gasteiger partial charge in [0.05, 0.1) is 0 Å². The fraction of sp³-hybridized carbons (Fsp3) is 1.00. The Labute approximate surface area is 51.1 Å². The van der Waals surface area contributed by atoms with E-state index in [2.05, 4.69) is 20.4 Å². The van der Waals surface area contributed by atoms with E-state index < -0.39 is 0 Å². The van der Waals surface area contributed by atoms with Crippen molar-refractivity contribution in [3.05, 3.63) is 0 Å². The minimum absolute atomic E-state index is 0.935. The molecule has 0 aromatic rings. The van der Waals surface area contributed by atoms with Gasteiger partial charge in [-0.1, -0.05) is 6.92 Å². The minimum Gasteiger partial charge on any atom is -0.350 e. The van der Waals surface area contributed by atoms with Crippen LogP contribution in [0.5, 0.6) is 0 Å². The van der Waals surface area contributed by atoms with Crippen molar-refractivity contribution in [2.45, 2.75) is 13.3 Å². The number of nitrogens with one attached hydrogen (secondary N) is 1. The fourth-order valence-electron chi connectivity index (χ4n) is 0.799. The van der Waals surface area contributed by atoms with Crippen LogP contribution in [0.3, 0.4) is 0 Å². The maximum Gasteiger partial charge on any atom is 0.350 e. The molecule has 0 unspecified atom stereocenters. The van der Waals surface area contributed by atoms with E-state index in [1.807, 2.05) is 0 Å². The third-order valence-electron chi connectivity index (χ3n) is 1.31. The van der Waals surface area contributed by atoms with Crippen LogP contribution in [-0.4, -0.2) is 21.2 Å². The Hall–Kier alpha value is -0.0451. The molecule has 0 aromatic carbocycles. The monoisotopic (exact) mass is 115 g/mol. The third kappa shape index (κ3) is 3.02. The predicted octanol–water partition coefficient (Wildman–Crippen LogP) is 0.655. The molecular weight excluding hydrogens is 104 g/mol. The maximum absolute atomic E-state index is 9.00. The standard InChI is InChI=1S/C5H11N.BF/c1-5-2-3-6-4-5;1-2/h5-6H,2-4H2,1H3;/t5-;/m1./s1. The third-order valence-corrected chi connectivity index (χ3v) is 1.31. The highest BCUT2D eigenvalue weighted by Crippen LogP contribution is 2.03. The summed E-state index contributed by atoms with van der Waals surface area (Å²) in [4.78, 5) is 0. The van der Waals surface area contributed by atoms with Crippen LogP contribution in [0, 0.1) is 5.92 Å². The lowest BCUT2D eigenvalue weighted by Crippen LogP contribution is -2.06. The molecule has 8 heavy (non-hydrogen) atoms. The van der Waals surface area contributed by atoms with Gasteiger partial charge in [0, 0.05) is 0 Å². The second-order valence-corrected chi connectivity index (χ2v) is 2.10. The molecule has 1 saturated heterocycles. The van der Waals surface area contributed by atoms with E-state index in [-0.39, 0.29) is 0 Å². The quantitative estimate of drug-likeness (QED) is 0.457. The SMILES string of the molecule is C[C@@H]1CCNC1.[B]F. The van der Waals surface area contributed by atoms with Crippen LogP contribution >= 0.6 is 0 Å². The van der Waals surface area contributed by atoms with Crippen LogP contribution in [0.2, 0.25) is 0 Å². The Bertz CT molecular complexity index is 45.7. The molecule has 1 aliphatic rings. The van der Waals surface area contributed by atoms with E-state index in [9.17, 15) is 0 Å². The molecule has 46 valence electrons. The van der Waals surface area contributed by atoms with Crippen molar-refractivity contribution in [1.29, 1.82) is 0 Å². The second kappa shape index (κ2) is 5.10. The molecule has 1 N–H and O–H groups in total. The van der Waals surface area contributed by atoms with Crippen molar-refractivity contribution in [1.82, 2.24) is 5.32 Å². The first-order valence-corrected chi connectivity index (χ1v) is 2.82. The van der Waals surface area contributed by atoms with Crippen LogP contribution in [0.25, 0.3) is 0 Å². The minimum atomic E-state index is 0.935. The van der Waals surface area contributed by atoms with Gasteiger partial charge in [0.1, 0.15) is 0 Å². The summed E-state index contributed by atoms with van der Waals surface area (Å²) in [5.74, 6) is 0.935. The van der Waals surface area contributed by atoms with Crippen LogP contribution in [0.15, 0.2) is 0 Å². The Balaban J connectivity index is 0.000000222. The van der Waals surface area contributed by atoms with Crippen LogP contribution in [0.1, 0.15) is 13.3 Å². The first kappa shape index (κ1) is 7.95. The average molecular weight is 115 g/mol. The summed E-state index contributed by atoms with van der Waals surface area (Å²) in [6, 6.07) is 0. The summed E-state index contributed by atoms with van der Waals surface area (Å²) >= 11 is 0. The molecule has 3 heteroatoms. The molecule has 0 bridgehead atoms. The molecule has 1 rings (SSSR count). The van der Waals surface area contributed by atoms with Crippen molar-refractivity contribution >= 4 is 8.12 Å². The van der Waals surface area contributed by atoms with Crippen molar-refractivity contribution in [2.24, 2.45) is 5.92 Å². The Morgan fingerprint density at radius 3 is 2.38 bits per heavy atom. The smallest absolute Gasteiger partial charge is 0.350 e. The molecular formula is C5H11BFN. The Kier molecular flexibility index (Phi) is 5.07. The summed E-state index contributed by atoms with van der Waals surface area (Å²) in [5, 5.41) is 3.27. The van der Waals surface area contributed by atoms with Gasteiger partial charge in [-0.3, -0.25) is 0 Å². The number of rotatable bonds is 0. The van der Waals surface area contributed by atoms with E-state index in [0.717, 1.165) is 5.92 Å². The Morgan fingerprint density at radius 2 is 2.25 bits per heavy atom. The van der Waals surface area contributed by atoms with Crippen molar-refractivity contribution < 1.29 is 4.32 Å². The molecule has 1 aliphatic heterocycles. The fourth-order valence-corrected chi connectivity index (χ4v) is 0.799. The molecule has 0 amide bonds. The zero-order valence-electron chi connectivity index (χ0n) is 5.15. The molecule has 1 heterocycles. The summed E-state index contributed by atoms with van der Waals surface area (Å²) < 4.78 is 9.00. The van der Waals surface area contributed by atoms with Gasteiger partial charge in [-0.2, -0.15) is 0 Å². The molecule has 0 aromatic heterocycles. The van der Waals surface area contributed by atoms with Crippen molar-refractivity contribution in [2.75, 3.05) is 13.1 Å². The largest absolute Gasteiger partial charge is 0.350 e. The summed E-state index contributed by atoms with van der Waals surface area (Å²) in [6.45, 7) is 4.75. The van der Waals surface area contributed by atoms with E-state index in [1.54, 1.807) is 0 Å². The summed E-state index contributed by atoms with van der Waals surface area (Å²) in [7, 11) is 3.00. The van der Waals surface area contributed by atoms with E-state index in [1.165, 1.54) is 19.5 Å². The molecule has 1 nitrogen and oxygen atoms in total. The molecule has 1 fully saturated rings. The molecule has 2 radical (unpaired) electrons. The number of hydrogen-bond donors (Lipinski definition) is 1. The second-order valence-electron chi connectivity index (χ2n) is 2.10. The molecule has 0 spiro atoms. The van der Waals surface area contributed by atoms with Gasteiger partial charge in [-0.25, -0.2) is 0 Å². The van der Waals surface area contributed by atoms with Gasteiger partial charge in [0.25, 0.3) is 0 Å². The number of halogens is 1. The Morgan fingerprint density at radius 1 is 1.62 bits per heavy atom. The lowest BCUT2D eigenvalue weighted by Gasteiger charge is -1.90. The van der Waals surface area contributed by atoms with E-state index in [4.69, 9.17) is 4.32 Å². The van der Waals surface area contributed by atoms with E-state index >= 15 is 0 Å². The van der Waals surface area contributed by atoms with Crippen LogP contribution in [0.4, 0.5) is 4.32 Å². The van der Waals surface area contributed by atoms with Gasteiger partial charge in [0.2, 0.25) is 0 Å². The van der Waals surface area contributed by atoms with Crippen molar-refractivity contribution in [3.8, 4) is 0 Å². The first-order chi connectivity index (χ1) is 3.89. The normalized spacial score (nSPS) is 26.5. The van der Waals surface area contributed by atoms with Crippen molar-refractivity contribution in [3.63, 3.8) is 0 Å².